The lowest BCUT2D eigenvalue weighted by Crippen LogP contribution is -2.21. The number of alkyl halides is 3. The number of fused-ring (bicyclic) bond motifs is 1. The Morgan fingerprint density at radius 3 is 2.67 bits per heavy atom. The number of anilines is 1. The number of rotatable bonds is 6. The summed E-state index contributed by atoms with van der Waals surface area (Å²) in [5, 5.41) is 12.4. The molecular weight excluding hydrogens is 455 g/mol. The van der Waals surface area contributed by atoms with Crippen molar-refractivity contribution >= 4 is 34.0 Å². The third-order valence-electron chi connectivity index (χ3n) is 5.59. The molecule has 2 heterocycles. The van der Waals surface area contributed by atoms with Crippen molar-refractivity contribution in [3.8, 4) is 0 Å². The summed E-state index contributed by atoms with van der Waals surface area (Å²) in [7, 11) is 0. The Hall–Kier alpha value is -3.33. The maximum absolute atomic E-state index is 13.2. The van der Waals surface area contributed by atoms with E-state index in [1.165, 1.54) is 6.20 Å². The average molecular weight is 474 g/mol. The van der Waals surface area contributed by atoms with Gasteiger partial charge in [-0.2, -0.15) is 23.4 Å². The topological polar surface area (TPSA) is 64.7 Å². The third kappa shape index (κ3) is 4.45. The third-order valence-corrected chi connectivity index (χ3v) is 5.96. The van der Waals surface area contributed by atoms with E-state index in [1.54, 1.807) is 10.9 Å². The molecule has 0 atom stereocenters. The fraction of sp³-hybridized carbons (Fsp3) is 0.261. The maximum atomic E-state index is 13.2. The zero-order chi connectivity index (χ0) is 23.2. The minimum atomic E-state index is -4.68. The number of halogens is 4. The molecule has 5 rings (SSSR count). The van der Waals surface area contributed by atoms with Crippen LogP contribution >= 0.6 is 11.6 Å². The van der Waals surface area contributed by atoms with Crippen LogP contribution in [-0.2, 0) is 24.1 Å². The highest BCUT2D eigenvalue weighted by Crippen LogP contribution is 2.46. The average Bonchev–Trinajstić information content (AvgIpc) is 3.41. The van der Waals surface area contributed by atoms with Crippen LogP contribution in [0, 0.1) is 0 Å². The molecule has 1 N–H and O–H groups in total. The molecule has 1 amide bonds. The van der Waals surface area contributed by atoms with Crippen LogP contribution in [0.2, 0.25) is 5.02 Å². The molecule has 170 valence electrons. The van der Waals surface area contributed by atoms with Gasteiger partial charge in [-0.3, -0.25) is 14.2 Å². The molecule has 0 bridgehead atoms. The molecule has 1 saturated carbocycles. The van der Waals surface area contributed by atoms with Crippen molar-refractivity contribution in [2.24, 2.45) is 0 Å². The molecule has 4 aromatic rings. The second kappa shape index (κ2) is 8.22. The first-order chi connectivity index (χ1) is 15.8. The van der Waals surface area contributed by atoms with Gasteiger partial charge in [0.05, 0.1) is 29.1 Å². The van der Waals surface area contributed by atoms with Gasteiger partial charge < -0.3 is 5.32 Å². The van der Waals surface area contributed by atoms with Crippen LogP contribution in [0.15, 0.2) is 54.9 Å². The summed E-state index contributed by atoms with van der Waals surface area (Å²) in [4.78, 5) is 12.6. The van der Waals surface area contributed by atoms with E-state index in [1.807, 2.05) is 42.5 Å². The summed E-state index contributed by atoms with van der Waals surface area (Å²) in [5.41, 5.74) is 0.643. The first-order valence-corrected chi connectivity index (χ1v) is 10.8. The highest BCUT2D eigenvalue weighted by molar-refractivity contribution is 6.32. The number of aromatic nitrogens is 4. The van der Waals surface area contributed by atoms with Crippen molar-refractivity contribution < 1.29 is 18.0 Å². The number of hydrogen-bond donors (Lipinski definition) is 1. The summed E-state index contributed by atoms with van der Waals surface area (Å²) >= 11 is 5.97. The normalized spacial score (nSPS) is 14.1. The van der Waals surface area contributed by atoms with E-state index in [4.69, 9.17) is 11.6 Å². The molecule has 2 aromatic carbocycles. The lowest BCUT2D eigenvalue weighted by Gasteiger charge is -2.07. The van der Waals surface area contributed by atoms with Gasteiger partial charge in [-0.15, -0.1) is 0 Å². The molecule has 0 aliphatic heterocycles. The Balaban J connectivity index is 1.30. The van der Waals surface area contributed by atoms with E-state index in [2.05, 4.69) is 15.5 Å². The zero-order valence-corrected chi connectivity index (χ0v) is 18.1. The number of benzene rings is 2. The van der Waals surface area contributed by atoms with Crippen LogP contribution in [0.4, 0.5) is 18.9 Å². The van der Waals surface area contributed by atoms with Crippen LogP contribution in [0.3, 0.4) is 0 Å². The van der Waals surface area contributed by atoms with Gasteiger partial charge in [-0.1, -0.05) is 54.1 Å². The predicted molar refractivity (Wildman–Crippen MR) is 118 cm³/mol. The second-order valence-corrected chi connectivity index (χ2v) is 8.47. The van der Waals surface area contributed by atoms with Gasteiger partial charge in [0.1, 0.15) is 6.54 Å². The van der Waals surface area contributed by atoms with Crippen molar-refractivity contribution in [1.29, 1.82) is 0 Å². The number of nitrogens with one attached hydrogen (secondary N) is 1. The Kier molecular flexibility index (Phi) is 5.36. The maximum Gasteiger partial charge on any atom is 0.436 e. The lowest BCUT2D eigenvalue weighted by atomic mass is 10.0. The quantitative estimate of drug-likeness (QED) is 0.404. The molecule has 6 nitrogen and oxygen atoms in total. The number of hydrogen-bond acceptors (Lipinski definition) is 3. The van der Waals surface area contributed by atoms with E-state index >= 15 is 0 Å². The van der Waals surface area contributed by atoms with Crippen LogP contribution < -0.4 is 5.32 Å². The Labute approximate surface area is 192 Å². The predicted octanol–water partition coefficient (Wildman–Crippen LogP) is 5.47. The first kappa shape index (κ1) is 21.5. The van der Waals surface area contributed by atoms with Crippen molar-refractivity contribution in [2.45, 2.75) is 38.0 Å². The number of carbonyl (C=O) groups is 1. The van der Waals surface area contributed by atoms with E-state index in [-0.39, 0.29) is 18.2 Å². The fourth-order valence-electron chi connectivity index (χ4n) is 3.96. The summed E-state index contributed by atoms with van der Waals surface area (Å²) in [6.07, 6.45) is -0.0392. The fourth-order valence-corrected chi connectivity index (χ4v) is 4.35. The zero-order valence-electron chi connectivity index (χ0n) is 17.3. The van der Waals surface area contributed by atoms with Gasteiger partial charge in [0, 0.05) is 12.1 Å². The number of amides is 1. The Morgan fingerprint density at radius 1 is 1.15 bits per heavy atom. The smallest absolute Gasteiger partial charge is 0.322 e. The highest BCUT2D eigenvalue weighted by Gasteiger charge is 2.42. The van der Waals surface area contributed by atoms with E-state index in [9.17, 15) is 18.0 Å². The second-order valence-electron chi connectivity index (χ2n) is 8.09. The van der Waals surface area contributed by atoms with Crippen molar-refractivity contribution in [1.82, 2.24) is 19.6 Å². The van der Waals surface area contributed by atoms with Gasteiger partial charge >= 0.3 is 6.18 Å². The summed E-state index contributed by atoms with van der Waals surface area (Å²) in [6.45, 7) is 0.142. The SMILES string of the molecule is O=C(Cn1nc(C(F)(F)F)c(Cl)c1C1CC1)Nc1cnn(Cc2cccc3ccccc23)c1. The van der Waals surface area contributed by atoms with Crippen LogP contribution in [-0.4, -0.2) is 25.5 Å². The molecule has 1 aliphatic rings. The summed E-state index contributed by atoms with van der Waals surface area (Å²) < 4.78 is 42.4. The number of nitrogens with zero attached hydrogens (tertiary/aromatic N) is 4. The monoisotopic (exact) mass is 473 g/mol. The Bertz CT molecular complexity index is 1330. The summed E-state index contributed by atoms with van der Waals surface area (Å²) in [5.74, 6) is -0.605. The molecular formula is C23H19ClF3N5O. The molecule has 0 unspecified atom stereocenters. The molecule has 1 fully saturated rings. The molecule has 0 spiro atoms. The van der Waals surface area contributed by atoms with E-state index in [0.717, 1.165) is 33.9 Å². The van der Waals surface area contributed by atoms with Crippen molar-refractivity contribution in [2.75, 3.05) is 5.32 Å². The summed E-state index contributed by atoms with van der Waals surface area (Å²) in [6, 6.07) is 14.1. The lowest BCUT2D eigenvalue weighted by molar-refractivity contribution is -0.141. The van der Waals surface area contributed by atoms with Gasteiger partial charge in [-0.05, 0) is 29.2 Å². The highest BCUT2D eigenvalue weighted by atomic mass is 35.5. The van der Waals surface area contributed by atoms with Crippen molar-refractivity contribution in [3.63, 3.8) is 0 Å². The van der Waals surface area contributed by atoms with Gasteiger partial charge in [-0.25, -0.2) is 0 Å². The molecule has 1 aliphatic carbocycles. The van der Waals surface area contributed by atoms with Crippen LogP contribution in [0.5, 0.6) is 0 Å². The van der Waals surface area contributed by atoms with E-state index < -0.39 is 22.8 Å². The van der Waals surface area contributed by atoms with Crippen molar-refractivity contribution in [3.05, 3.63) is 76.8 Å². The molecule has 0 radical (unpaired) electrons. The van der Waals surface area contributed by atoms with E-state index in [0.29, 0.717) is 12.2 Å². The molecule has 2 aromatic heterocycles. The molecule has 0 saturated heterocycles. The molecule has 10 heteroatoms. The first-order valence-electron chi connectivity index (χ1n) is 10.4. The molecule has 33 heavy (non-hydrogen) atoms. The van der Waals surface area contributed by atoms with Gasteiger partial charge in [0.15, 0.2) is 5.69 Å². The largest absolute Gasteiger partial charge is 0.436 e. The number of carbonyl (C=O) groups excluding carboxylic acids is 1. The van der Waals surface area contributed by atoms with Gasteiger partial charge in [0.2, 0.25) is 5.91 Å². The Morgan fingerprint density at radius 2 is 1.91 bits per heavy atom. The standard InChI is InChI=1S/C23H19ClF3N5O/c24-20-21(15-8-9-15)32(30-22(20)23(25,26)27)13-19(33)29-17-10-28-31(12-17)11-16-6-3-5-14-4-1-2-7-18(14)16/h1-7,10,12,15H,8-9,11,13H2,(H,29,33). The minimum Gasteiger partial charge on any atom is -0.322 e. The van der Waals surface area contributed by atoms with Crippen LogP contribution in [0.1, 0.15) is 35.7 Å². The van der Waals surface area contributed by atoms with Gasteiger partial charge in [0.25, 0.3) is 0 Å². The minimum absolute atomic E-state index is 0.0997. The van der Waals surface area contributed by atoms with Crippen LogP contribution in [0.25, 0.3) is 10.8 Å².